The highest BCUT2D eigenvalue weighted by Crippen LogP contribution is 2.31. The van der Waals surface area contributed by atoms with Crippen LogP contribution in [0.3, 0.4) is 0 Å². The molecule has 0 saturated heterocycles. The number of nitrogens with two attached hydrogens (primary N) is 1. The lowest BCUT2D eigenvalue weighted by Gasteiger charge is -2.23. The number of sulfonamides is 1. The summed E-state index contributed by atoms with van der Waals surface area (Å²) < 4.78 is 31.9. The highest BCUT2D eigenvalue weighted by atomic mass is 32.2. The third-order valence-electron chi connectivity index (χ3n) is 2.87. The zero-order valence-electron chi connectivity index (χ0n) is 11.9. The van der Waals surface area contributed by atoms with Gasteiger partial charge in [0.15, 0.2) is 4.90 Å². The maximum atomic E-state index is 12.2. The maximum Gasteiger partial charge on any atom is 0.313 e. The van der Waals surface area contributed by atoms with Gasteiger partial charge in [0, 0.05) is 13.7 Å². The van der Waals surface area contributed by atoms with Gasteiger partial charge in [-0.3, -0.25) is 16.0 Å². The minimum absolute atomic E-state index is 0.0384. The van der Waals surface area contributed by atoms with Gasteiger partial charge < -0.3 is 10.2 Å². The Balaban J connectivity index is 3.23. The van der Waals surface area contributed by atoms with E-state index in [2.05, 4.69) is 10.1 Å². The van der Waals surface area contributed by atoms with Gasteiger partial charge in [0.1, 0.15) is 5.69 Å². The molecule has 118 valence electrons. The molecule has 4 N–H and O–H groups in total. The smallest absolute Gasteiger partial charge is 0.313 e. The number of nitro groups is 1. The number of hydrogen-bond donors (Lipinski definition) is 3. The quantitative estimate of drug-likeness (QED) is 0.380. The van der Waals surface area contributed by atoms with Gasteiger partial charge >= 0.3 is 5.69 Å². The summed E-state index contributed by atoms with van der Waals surface area (Å²) >= 11 is 0. The van der Waals surface area contributed by atoms with Crippen molar-refractivity contribution in [2.45, 2.75) is 24.3 Å². The van der Waals surface area contributed by atoms with Crippen molar-refractivity contribution in [1.82, 2.24) is 4.72 Å². The number of methoxy groups -OCH3 is 1. The Kier molecular flexibility index (Phi) is 5.23. The second-order valence-corrected chi connectivity index (χ2v) is 6.58. The highest BCUT2D eigenvalue weighted by Gasteiger charge is 2.30. The molecule has 0 radical (unpaired) electrons. The van der Waals surface area contributed by atoms with Crippen LogP contribution >= 0.6 is 0 Å². The number of ether oxygens (including phenoxy) is 1. The molecule has 0 aliphatic heterocycles. The van der Waals surface area contributed by atoms with Crippen molar-refractivity contribution in [2.24, 2.45) is 5.84 Å². The normalized spacial score (nSPS) is 12.2. The molecule has 0 saturated carbocycles. The van der Waals surface area contributed by atoms with Crippen LogP contribution < -0.4 is 16.0 Å². The molecule has 0 bridgehead atoms. The van der Waals surface area contributed by atoms with Crippen LogP contribution in [0.4, 0.5) is 11.4 Å². The molecule has 0 fully saturated rings. The van der Waals surface area contributed by atoms with Crippen molar-refractivity contribution in [3.05, 3.63) is 28.3 Å². The second-order valence-electron chi connectivity index (χ2n) is 4.84. The Hall–Kier alpha value is -1.75. The molecule has 0 aromatic heterocycles. The van der Waals surface area contributed by atoms with Crippen LogP contribution in [0.5, 0.6) is 0 Å². The lowest BCUT2D eigenvalue weighted by molar-refractivity contribution is -0.386. The first-order valence-electron chi connectivity index (χ1n) is 5.93. The van der Waals surface area contributed by atoms with Crippen molar-refractivity contribution in [3.63, 3.8) is 0 Å². The molecule has 0 unspecified atom stereocenters. The molecule has 0 heterocycles. The number of hydrogen-bond acceptors (Lipinski definition) is 7. The van der Waals surface area contributed by atoms with Crippen LogP contribution in [0, 0.1) is 10.1 Å². The Labute approximate surface area is 122 Å². The van der Waals surface area contributed by atoms with Crippen molar-refractivity contribution < 1.29 is 18.1 Å². The van der Waals surface area contributed by atoms with E-state index < -0.39 is 31.1 Å². The lowest BCUT2D eigenvalue weighted by Crippen LogP contribution is -2.39. The summed E-state index contributed by atoms with van der Waals surface area (Å²) in [4.78, 5) is 9.84. The largest absolute Gasteiger partial charge is 0.377 e. The van der Waals surface area contributed by atoms with Crippen molar-refractivity contribution in [2.75, 3.05) is 19.1 Å². The molecule has 1 aromatic carbocycles. The minimum Gasteiger partial charge on any atom is -0.377 e. The molecular formula is C11H18N4O5S. The Morgan fingerprint density at radius 1 is 1.43 bits per heavy atom. The highest BCUT2D eigenvalue weighted by molar-refractivity contribution is 7.89. The number of nitrogens with one attached hydrogen (secondary N) is 2. The van der Waals surface area contributed by atoms with Crippen LogP contribution in [0.1, 0.15) is 13.8 Å². The topological polar surface area (TPSA) is 137 Å². The van der Waals surface area contributed by atoms with Gasteiger partial charge in [0.2, 0.25) is 10.0 Å². The van der Waals surface area contributed by atoms with E-state index in [-0.39, 0.29) is 12.2 Å². The molecule has 1 aromatic rings. The van der Waals surface area contributed by atoms with Crippen molar-refractivity contribution in [3.8, 4) is 0 Å². The molecule has 0 aliphatic rings. The van der Waals surface area contributed by atoms with E-state index in [1.807, 2.05) is 0 Å². The van der Waals surface area contributed by atoms with E-state index in [0.29, 0.717) is 0 Å². The van der Waals surface area contributed by atoms with E-state index in [9.17, 15) is 18.5 Å². The Bertz CT molecular complexity index is 630. The summed E-state index contributed by atoms with van der Waals surface area (Å²) in [6.07, 6.45) is 0. The van der Waals surface area contributed by atoms with Crippen LogP contribution in [0.2, 0.25) is 0 Å². The third-order valence-corrected chi connectivity index (χ3v) is 4.30. The van der Waals surface area contributed by atoms with E-state index >= 15 is 0 Å². The number of hydrazine groups is 1. The molecule has 0 amide bonds. The first kappa shape index (κ1) is 17.3. The second kappa shape index (κ2) is 6.35. The summed E-state index contributed by atoms with van der Waals surface area (Å²) in [7, 11) is -2.64. The minimum atomic E-state index is -4.08. The van der Waals surface area contributed by atoms with E-state index in [0.717, 1.165) is 6.07 Å². The Morgan fingerprint density at radius 2 is 2.05 bits per heavy atom. The summed E-state index contributed by atoms with van der Waals surface area (Å²) in [6.45, 7) is 3.33. The average Bonchev–Trinajstić information content (AvgIpc) is 2.44. The SMILES string of the molecule is COC(C)(C)CNS(=O)(=O)c1cccc(NN)c1[N+](=O)[O-]. The lowest BCUT2D eigenvalue weighted by atomic mass is 10.1. The van der Waals surface area contributed by atoms with Crippen molar-refractivity contribution >= 4 is 21.4 Å². The molecule has 0 aliphatic carbocycles. The van der Waals surface area contributed by atoms with Crippen molar-refractivity contribution in [1.29, 1.82) is 0 Å². The predicted molar refractivity (Wildman–Crippen MR) is 77.2 cm³/mol. The molecule has 10 heteroatoms. The molecular weight excluding hydrogens is 300 g/mol. The summed E-state index contributed by atoms with van der Waals surface area (Å²) in [5, 5.41) is 11.1. The molecule has 0 spiro atoms. The number of rotatable bonds is 7. The van der Waals surface area contributed by atoms with E-state index in [4.69, 9.17) is 10.6 Å². The zero-order chi connectivity index (χ0) is 16.3. The number of nitro benzene ring substituents is 1. The van der Waals surface area contributed by atoms with E-state index in [1.54, 1.807) is 13.8 Å². The number of nitrogen functional groups attached to an aromatic ring is 1. The van der Waals surface area contributed by atoms with Crippen LogP contribution in [0.15, 0.2) is 23.1 Å². The molecule has 9 nitrogen and oxygen atoms in total. The average molecular weight is 318 g/mol. The zero-order valence-corrected chi connectivity index (χ0v) is 12.7. The van der Waals surface area contributed by atoms with Crippen LogP contribution in [-0.4, -0.2) is 32.6 Å². The van der Waals surface area contributed by atoms with E-state index in [1.165, 1.54) is 19.2 Å². The summed E-state index contributed by atoms with van der Waals surface area (Å²) in [5.41, 5.74) is 0.672. The molecule has 1 rings (SSSR count). The fraction of sp³-hybridized carbons (Fsp3) is 0.455. The van der Waals surface area contributed by atoms with Gasteiger partial charge in [-0.05, 0) is 26.0 Å². The molecule has 21 heavy (non-hydrogen) atoms. The standard InChI is InChI=1S/C11H18N4O5S/c1-11(2,20-3)7-13-21(18,19)9-6-4-5-8(14-12)10(9)15(16)17/h4-6,13-14H,7,12H2,1-3H3. The third kappa shape index (κ3) is 4.11. The number of nitrogens with zero attached hydrogens (tertiary/aromatic N) is 1. The van der Waals surface area contributed by atoms with Crippen LogP contribution in [0.25, 0.3) is 0 Å². The maximum absolute atomic E-state index is 12.2. The first-order chi connectivity index (χ1) is 9.64. The molecule has 0 atom stereocenters. The van der Waals surface area contributed by atoms with Gasteiger partial charge in [-0.15, -0.1) is 0 Å². The summed E-state index contributed by atoms with van der Waals surface area (Å²) in [6, 6.07) is 3.82. The van der Waals surface area contributed by atoms with Gasteiger partial charge in [0.05, 0.1) is 10.5 Å². The number of para-hydroxylation sites is 1. The van der Waals surface area contributed by atoms with Gasteiger partial charge in [-0.25, -0.2) is 13.1 Å². The fourth-order valence-electron chi connectivity index (χ4n) is 1.46. The number of anilines is 1. The number of benzene rings is 1. The van der Waals surface area contributed by atoms with Gasteiger partial charge in [-0.1, -0.05) is 6.07 Å². The monoisotopic (exact) mass is 318 g/mol. The van der Waals surface area contributed by atoms with Gasteiger partial charge in [0.25, 0.3) is 0 Å². The fourth-order valence-corrected chi connectivity index (χ4v) is 2.85. The van der Waals surface area contributed by atoms with Gasteiger partial charge in [-0.2, -0.15) is 0 Å². The Morgan fingerprint density at radius 3 is 2.52 bits per heavy atom. The first-order valence-corrected chi connectivity index (χ1v) is 7.42. The summed E-state index contributed by atoms with van der Waals surface area (Å²) in [5.74, 6) is 5.18. The van der Waals surface area contributed by atoms with Crippen LogP contribution in [-0.2, 0) is 14.8 Å². The predicted octanol–water partition coefficient (Wildman–Crippen LogP) is 0.584.